The third kappa shape index (κ3) is 4.19. The predicted octanol–water partition coefficient (Wildman–Crippen LogP) is 0.141. The molecule has 1 aromatic carbocycles. The number of carbonyl (C=O) groups excluding carboxylic acids is 1. The number of phosphoric acid groups is 1. The number of phosphoric ester groups is 1. The molecule has 0 aliphatic carbocycles. The summed E-state index contributed by atoms with van der Waals surface area (Å²) in [4.78, 5) is 33.6. The van der Waals surface area contributed by atoms with E-state index in [0.29, 0.717) is 0 Å². The fourth-order valence-corrected chi connectivity index (χ4v) is 3.82. The molecule has 15 heteroatoms. The number of rotatable bonds is 6. The zero-order valence-electron chi connectivity index (χ0n) is 16.1. The Kier molecular flexibility index (Phi) is 5.90. The summed E-state index contributed by atoms with van der Waals surface area (Å²) < 4.78 is 41.7. The van der Waals surface area contributed by atoms with Crippen LogP contribution in [0.4, 0.5) is 10.2 Å². The average Bonchev–Trinajstić information content (AvgIpc) is 3.29. The van der Waals surface area contributed by atoms with Crippen LogP contribution in [-0.2, 0) is 18.3 Å². The van der Waals surface area contributed by atoms with Gasteiger partial charge in [0.1, 0.15) is 36.0 Å². The summed E-state index contributed by atoms with van der Waals surface area (Å²) in [6.07, 6.45) is -3.06. The van der Waals surface area contributed by atoms with Crippen LogP contribution in [0, 0.1) is 5.82 Å². The van der Waals surface area contributed by atoms with Crippen LogP contribution in [0.5, 0.6) is 0 Å². The highest BCUT2D eigenvalue weighted by Gasteiger charge is 2.45. The van der Waals surface area contributed by atoms with Crippen molar-refractivity contribution in [1.82, 2.24) is 19.5 Å². The number of benzene rings is 1. The minimum atomic E-state index is -5.00. The number of hydrogen-bond acceptors (Lipinski definition) is 11. The Labute approximate surface area is 178 Å². The van der Waals surface area contributed by atoms with Crippen LogP contribution in [-0.4, -0.2) is 65.5 Å². The third-order valence-electron chi connectivity index (χ3n) is 4.69. The van der Waals surface area contributed by atoms with Gasteiger partial charge < -0.3 is 25.2 Å². The molecule has 3 aromatic rings. The first kappa shape index (κ1) is 22.2. The van der Waals surface area contributed by atoms with Gasteiger partial charge in [-0.3, -0.25) is 14.0 Å². The van der Waals surface area contributed by atoms with Crippen molar-refractivity contribution in [2.24, 2.45) is 0 Å². The molecule has 0 amide bonds. The number of nitrogens with zero attached hydrogens (tertiary/aromatic N) is 4. The number of hydrogen-bond donors (Lipinski definition) is 4. The van der Waals surface area contributed by atoms with Gasteiger partial charge in [-0.1, -0.05) is 12.1 Å². The van der Waals surface area contributed by atoms with Crippen LogP contribution in [0.2, 0.25) is 0 Å². The fourth-order valence-electron chi connectivity index (χ4n) is 3.13. The quantitative estimate of drug-likeness (QED) is 0.358. The van der Waals surface area contributed by atoms with Crippen molar-refractivity contribution in [1.29, 1.82) is 0 Å². The number of aliphatic hydroxyl groups is 2. The van der Waals surface area contributed by atoms with Gasteiger partial charge in [-0.05, 0) is 12.1 Å². The van der Waals surface area contributed by atoms with Crippen molar-refractivity contribution in [2.75, 3.05) is 12.3 Å². The van der Waals surface area contributed by atoms with E-state index in [2.05, 4.69) is 19.5 Å². The monoisotopic (exact) mass is 469 g/mol. The van der Waals surface area contributed by atoms with Crippen LogP contribution >= 0.6 is 7.82 Å². The topological polar surface area (TPSA) is 192 Å². The highest BCUT2D eigenvalue weighted by atomic mass is 31.2. The summed E-state index contributed by atoms with van der Waals surface area (Å²) in [7, 11) is -5.00. The lowest BCUT2D eigenvalue weighted by atomic mass is 10.1. The Morgan fingerprint density at radius 3 is 2.75 bits per heavy atom. The van der Waals surface area contributed by atoms with Crippen molar-refractivity contribution in [3.63, 3.8) is 0 Å². The van der Waals surface area contributed by atoms with Crippen molar-refractivity contribution in [3.05, 3.63) is 48.3 Å². The number of nitrogen functional groups attached to an aromatic ring is 1. The standard InChI is InChI=1S/C17H17FN5O8P/c18-9-4-2-1-3-8(9)17(26)31-32(27,28)29-5-10-12(24)13(25)16(30-10)23-7-22-11-14(19)20-6-21-15(11)23/h1-4,6-7,10,12-13,16,24-25H,5H2,(H,27,28)(H2,19,20,21)/t10-,12-,13-,16-/m1/s1. The normalized spacial score (nSPS) is 25.0. The Bertz CT molecular complexity index is 1210. The largest absolute Gasteiger partial charge is 0.529 e. The smallest absolute Gasteiger partial charge is 0.387 e. The van der Waals surface area contributed by atoms with Gasteiger partial charge in [0.25, 0.3) is 0 Å². The van der Waals surface area contributed by atoms with E-state index in [4.69, 9.17) is 15.0 Å². The van der Waals surface area contributed by atoms with E-state index in [1.807, 2.05) is 0 Å². The molecule has 1 aliphatic rings. The molecular formula is C17H17FN5O8P. The number of aromatic nitrogens is 4. The molecule has 0 saturated carbocycles. The second-order valence-electron chi connectivity index (χ2n) is 6.75. The predicted molar refractivity (Wildman–Crippen MR) is 103 cm³/mol. The van der Waals surface area contributed by atoms with Gasteiger partial charge in [-0.2, -0.15) is 0 Å². The molecule has 1 fully saturated rings. The number of aliphatic hydroxyl groups excluding tert-OH is 2. The van der Waals surface area contributed by atoms with Crippen LogP contribution in [0.1, 0.15) is 16.6 Å². The molecule has 170 valence electrons. The van der Waals surface area contributed by atoms with E-state index in [1.165, 1.54) is 29.4 Å². The van der Waals surface area contributed by atoms with Crippen molar-refractivity contribution in [2.45, 2.75) is 24.5 Å². The van der Waals surface area contributed by atoms with Gasteiger partial charge in [-0.15, -0.1) is 0 Å². The number of halogens is 1. The minimum absolute atomic E-state index is 0.0968. The van der Waals surface area contributed by atoms with Gasteiger partial charge in [-0.25, -0.2) is 28.7 Å². The van der Waals surface area contributed by atoms with E-state index >= 15 is 0 Å². The number of ether oxygens (including phenoxy) is 1. The molecule has 13 nitrogen and oxygen atoms in total. The second kappa shape index (κ2) is 8.50. The van der Waals surface area contributed by atoms with E-state index in [0.717, 1.165) is 12.1 Å². The highest BCUT2D eigenvalue weighted by Crippen LogP contribution is 2.45. The molecule has 5 atom stereocenters. The van der Waals surface area contributed by atoms with Crippen molar-refractivity contribution >= 4 is 30.8 Å². The molecular weight excluding hydrogens is 452 g/mol. The average molecular weight is 469 g/mol. The van der Waals surface area contributed by atoms with E-state index in [9.17, 15) is 28.9 Å². The van der Waals surface area contributed by atoms with E-state index in [-0.39, 0.29) is 17.0 Å². The van der Waals surface area contributed by atoms with Gasteiger partial charge >= 0.3 is 13.8 Å². The zero-order valence-corrected chi connectivity index (χ0v) is 16.9. The van der Waals surface area contributed by atoms with Crippen molar-refractivity contribution < 1.29 is 42.6 Å². The fraction of sp³-hybridized carbons (Fsp3) is 0.294. The number of anilines is 1. The van der Waals surface area contributed by atoms with E-state index < -0.39 is 56.3 Å². The third-order valence-corrected chi connectivity index (χ3v) is 5.56. The first-order chi connectivity index (χ1) is 15.2. The lowest BCUT2D eigenvalue weighted by Crippen LogP contribution is -2.33. The second-order valence-corrected chi connectivity index (χ2v) is 8.13. The van der Waals surface area contributed by atoms with Gasteiger partial charge in [0, 0.05) is 0 Å². The highest BCUT2D eigenvalue weighted by molar-refractivity contribution is 7.48. The van der Waals surface area contributed by atoms with Gasteiger partial charge in [0.05, 0.1) is 18.5 Å². The maximum Gasteiger partial charge on any atom is 0.529 e. The summed E-state index contributed by atoms with van der Waals surface area (Å²) >= 11 is 0. The summed E-state index contributed by atoms with van der Waals surface area (Å²) in [5.74, 6) is -2.27. The molecule has 0 spiro atoms. The maximum atomic E-state index is 13.6. The molecule has 0 radical (unpaired) electrons. The Morgan fingerprint density at radius 1 is 1.25 bits per heavy atom. The molecule has 5 N–H and O–H groups in total. The molecule has 4 rings (SSSR count). The molecule has 0 bridgehead atoms. The van der Waals surface area contributed by atoms with Crippen molar-refractivity contribution in [3.8, 4) is 0 Å². The first-order valence-electron chi connectivity index (χ1n) is 9.08. The number of carbonyl (C=O) groups is 1. The Morgan fingerprint density at radius 2 is 2.00 bits per heavy atom. The maximum absolute atomic E-state index is 13.6. The lowest BCUT2D eigenvalue weighted by molar-refractivity contribution is -0.0508. The number of fused-ring (bicyclic) bond motifs is 1. The Hall–Kier alpha value is -3.00. The SMILES string of the molecule is Nc1ncnc2c1ncn2[C@@H]1O[C@H](COP(=O)(O)OC(=O)c2ccccc2F)[C@@H](O)[C@H]1O. The lowest BCUT2D eigenvalue weighted by Gasteiger charge is -2.17. The number of imidazole rings is 1. The molecule has 2 aromatic heterocycles. The summed E-state index contributed by atoms with van der Waals surface area (Å²) in [6.45, 7) is -0.739. The van der Waals surface area contributed by atoms with Crippen LogP contribution in [0.15, 0.2) is 36.9 Å². The number of nitrogens with two attached hydrogens (primary N) is 1. The Balaban J connectivity index is 1.43. The molecule has 1 unspecified atom stereocenters. The molecule has 1 saturated heterocycles. The van der Waals surface area contributed by atoms with Crippen LogP contribution in [0.3, 0.4) is 0 Å². The molecule has 32 heavy (non-hydrogen) atoms. The summed E-state index contributed by atoms with van der Waals surface area (Å²) in [6, 6.07) is 4.70. The summed E-state index contributed by atoms with van der Waals surface area (Å²) in [5.41, 5.74) is 5.63. The molecule has 1 aliphatic heterocycles. The zero-order chi connectivity index (χ0) is 23.0. The van der Waals surface area contributed by atoms with Crippen LogP contribution in [0.25, 0.3) is 11.2 Å². The van der Waals surface area contributed by atoms with E-state index in [1.54, 1.807) is 0 Å². The summed E-state index contributed by atoms with van der Waals surface area (Å²) in [5, 5.41) is 20.6. The first-order valence-corrected chi connectivity index (χ1v) is 10.6. The van der Waals surface area contributed by atoms with Gasteiger partial charge in [0.15, 0.2) is 17.7 Å². The minimum Gasteiger partial charge on any atom is -0.387 e. The molecule has 3 heterocycles. The van der Waals surface area contributed by atoms with Crippen LogP contribution < -0.4 is 5.73 Å². The van der Waals surface area contributed by atoms with Gasteiger partial charge in [0.2, 0.25) is 0 Å².